The highest BCUT2D eigenvalue weighted by atomic mass is 32.2. The van der Waals surface area contributed by atoms with Crippen molar-refractivity contribution in [3.63, 3.8) is 0 Å². The summed E-state index contributed by atoms with van der Waals surface area (Å²) in [5.41, 5.74) is 4.44. The van der Waals surface area contributed by atoms with Gasteiger partial charge in [0, 0.05) is 40.0 Å². The Morgan fingerprint density at radius 2 is 1.33 bits per heavy atom. The molecule has 49 heavy (non-hydrogen) atoms. The molecule has 0 bridgehead atoms. The molecule has 0 saturated heterocycles. The zero-order valence-corrected chi connectivity index (χ0v) is 28.3. The average molecular weight is 672 g/mol. The molecule has 0 aliphatic carbocycles. The summed E-state index contributed by atoms with van der Waals surface area (Å²) in [4.78, 5) is 40.9. The van der Waals surface area contributed by atoms with Crippen molar-refractivity contribution in [2.75, 3.05) is 24.9 Å². The predicted octanol–water partition coefficient (Wildman–Crippen LogP) is 8.29. The van der Waals surface area contributed by atoms with Crippen LogP contribution in [0.5, 0.6) is 11.5 Å². The second-order valence-electron chi connectivity index (χ2n) is 11.0. The first-order valence-electron chi connectivity index (χ1n) is 15.7. The fourth-order valence-corrected chi connectivity index (χ4v) is 5.96. The number of hydrogen-bond donors (Lipinski definition) is 3. The summed E-state index contributed by atoms with van der Waals surface area (Å²) in [6, 6.07) is 38.9. The molecule has 248 valence electrons. The number of carbonyl (C=O) groups is 3. The molecule has 9 heteroatoms. The molecule has 0 spiro atoms. The number of methoxy groups -OCH3 is 2. The largest absolute Gasteiger partial charge is 0.497 e. The van der Waals surface area contributed by atoms with Gasteiger partial charge in [-0.05, 0) is 59.5 Å². The zero-order valence-electron chi connectivity index (χ0n) is 27.4. The summed E-state index contributed by atoms with van der Waals surface area (Å²) in [7, 11) is 3.10. The summed E-state index contributed by atoms with van der Waals surface area (Å²) in [6.07, 6.45) is 2.21. The maximum absolute atomic E-state index is 13.7. The number of rotatable bonds is 13. The van der Waals surface area contributed by atoms with Gasteiger partial charge in [-0.3, -0.25) is 14.4 Å². The van der Waals surface area contributed by atoms with Crippen LogP contribution in [0.25, 0.3) is 17.2 Å². The van der Waals surface area contributed by atoms with Gasteiger partial charge in [-0.15, -0.1) is 11.8 Å². The number of benzene rings is 5. The second kappa shape index (κ2) is 16.9. The van der Waals surface area contributed by atoms with Crippen LogP contribution >= 0.6 is 11.8 Å². The van der Waals surface area contributed by atoms with Crippen molar-refractivity contribution in [2.24, 2.45) is 0 Å². The third-order valence-electron chi connectivity index (χ3n) is 7.51. The molecule has 5 aromatic carbocycles. The molecular formula is C40H37N3O5S. The Morgan fingerprint density at radius 1 is 0.694 bits per heavy atom. The Morgan fingerprint density at radius 3 is 1.96 bits per heavy atom. The molecule has 5 aromatic rings. The monoisotopic (exact) mass is 671 g/mol. The molecule has 0 aromatic heterocycles. The summed E-state index contributed by atoms with van der Waals surface area (Å²) in [5.74, 6) is 0.0603. The minimum atomic E-state index is -0.490. The van der Waals surface area contributed by atoms with E-state index >= 15 is 0 Å². The molecule has 0 saturated carbocycles. The Labute approximate surface area is 290 Å². The van der Waals surface area contributed by atoms with E-state index in [1.165, 1.54) is 11.8 Å². The minimum Gasteiger partial charge on any atom is -0.497 e. The van der Waals surface area contributed by atoms with E-state index in [-0.39, 0.29) is 11.6 Å². The van der Waals surface area contributed by atoms with E-state index in [9.17, 15) is 14.4 Å². The average Bonchev–Trinajstić information content (AvgIpc) is 3.14. The Bertz CT molecular complexity index is 1910. The van der Waals surface area contributed by atoms with E-state index in [0.717, 1.165) is 21.6 Å². The van der Waals surface area contributed by atoms with Crippen LogP contribution < -0.4 is 25.4 Å². The number of carbonyl (C=O) groups excluding carboxylic acids is 3. The molecule has 1 atom stereocenters. The summed E-state index contributed by atoms with van der Waals surface area (Å²) < 4.78 is 10.6. The molecule has 1 unspecified atom stereocenters. The summed E-state index contributed by atoms with van der Waals surface area (Å²) in [6.45, 7) is 1.94. The van der Waals surface area contributed by atoms with Crippen molar-refractivity contribution < 1.29 is 23.9 Å². The predicted molar refractivity (Wildman–Crippen MR) is 197 cm³/mol. The van der Waals surface area contributed by atoms with Gasteiger partial charge in [0.1, 0.15) is 17.2 Å². The van der Waals surface area contributed by atoms with Crippen LogP contribution in [0.1, 0.15) is 29.3 Å². The molecule has 0 aliphatic heterocycles. The number of thioether (sulfide) groups is 1. The van der Waals surface area contributed by atoms with E-state index in [0.29, 0.717) is 34.9 Å². The molecule has 0 aliphatic rings. The first kappa shape index (κ1) is 34.5. The molecule has 3 amide bonds. The van der Waals surface area contributed by atoms with Gasteiger partial charge in [0.05, 0.1) is 19.5 Å². The number of hydrogen-bond acceptors (Lipinski definition) is 6. The highest BCUT2D eigenvalue weighted by Crippen LogP contribution is 2.31. The quantitative estimate of drug-likeness (QED) is 0.0860. The molecule has 5 rings (SSSR count). The molecular weight excluding hydrogens is 635 g/mol. The van der Waals surface area contributed by atoms with Gasteiger partial charge in [0.15, 0.2) is 0 Å². The number of anilines is 2. The van der Waals surface area contributed by atoms with Crippen molar-refractivity contribution in [3.05, 3.63) is 144 Å². The van der Waals surface area contributed by atoms with Gasteiger partial charge in [-0.25, -0.2) is 0 Å². The Hall–Kier alpha value is -5.80. The molecule has 3 N–H and O–H groups in total. The van der Waals surface area contributed by atoms with E-state index in [1.807, 2.05) is 79.7 Å². The zero-order chi connectivity index (χ0) is 34.6. The van der Waals surface area contributed by atoms with Crippen molar-refractivity contribution >= 4 is 46.9 Å². The van der Waals surface area contributed by atoms with Gasteiger partial charge in [0.2, 0.25) is 5.91 Å². The van der Waals surface area contributed by atoms with Crippen LogP contribution in [0.3, 0.4) is 0 Å². The normalized spacial score (nSPS) is 11.6. The van der Waals surface area contributed by atoms with Crippen molar-refractivity contribution in [3.8, 4) is 22.6 Å². The summed E-state index contributed by atoms with van der Waals surface area (Å²) in [5, 5.41) is 8.25. The molecule has 0 heterocycles. The van der Waals surface area contributed by atoms with E-state index in [4.69, 9.17) is 9.47 Å². The maximum Gasteiger partial charge on any atom is 0.272 e. The lowest BCUT2D eigenvalue weighted by Gasteiger charge is -2.17. The third-order valence-corrected chi connectivity index (χ3v) is 8.87. The first-order chi connectivity index (χ1) is 23.8. The Kier molecular flexibility index (Phi) is 11.9. The molecule has 8 nitrogen and oxygen atoms in total. The standard InChI is InChI=1S/C40H37N3O5S/c1-4-37(40(46)42-32-23-33(47-2)26-34(24-32)48-3)49-35-17-11-16-31(25-35)41-39(45)36(43-38(44)30-14-9-6-10-15-30)22-27-18-20-29(21-19-27)28-12-7-5-8-13-28/h5-26,37H,4H2,1-3H3,(H,41,45)(H,42,46)(H,43,44)/b36-22+. The van der Waals surface area contributed by atoms with Crippen molar-refractivity contribution in [2.45, 2.75) is 23.5 Å². The second-order valence-corrected chi connectivity index (χ2v) is 12.2. The molecule has 0 fully saturated rings. The Balaban J connectivity index is 1.32. The number of nitrogens with one attached hydrogen (secondary N) is 3. The number of amides is 3. The lowest BCUT2D eigenvalue weighted by molar-refractivity contribution is -0.116. The summed E-state index contributed by atoms with van der Waals surface area (Å²) >= 11 is 1.39. The van der Waals surface area contributed by atoms with Gasteiger partial charge in [-0.1, -0.05) is 85.8 Å². The van der Waals surface area contributed by atoms with Crippen LogP contribution in [-0.2, 0) is 9.59 Å². The van der Waals surface area contributed by atoms with Gasteiger partial charge in [-0.2, -0.15) is 0 Å². The topological polar surface area (TPSA) is 106 Å². The van der Waals surface area contributed by atoms with Crippen LogP contribution in [0.15, 0.2) is 138 Å². The van der Waals surface area contributed by atoms with Crippen LogP contribution in [0.4, 0.5) is 11.4 Å². The smallest absolute Gasteiger partial charge is 0.272 e. The van der Waals surface area contributed by atoms with Crippen LogP contribution in [0, 0.1) is 0 Å². The first-order valence-corrected chi connectivity index (χ1v) is 16.6. The fraction of sp³-hybridized carbons (Fsp3) is 0.125. The molecule has 0 radical (unpaired) electrons. The third kappa shape index (κ3) is 9.62. The highest BCUT2D eigenvalue weighted by Gasteiger charge is 2.20. The van der Waals surface area contributed by atoms with Gasteiger partial charge >= 0.3 is 0 Å². The lowest BCUT2D eigenvalue weighted by atomic mass is 10.0. The SMILES string of the molecule is CCC(Sc1cccc(NC(=O)/C(=C\c2ccc(-c3ccccc3)cc2)NC(=O)c2ccccc2)c1)C(=O)Nc1cc(OC)cc(OC)c1. The fourth-order valence-electron chi connectivity index (χ4n) is 4.95. The maximum atomic E-state index is 13.7. The number of ether oxygens (including phenoxy) is 2. The van der Waals surface area contributed by atoms with E-state index in [2.05, 4.69) is 16.0 Å². The van der Waals surface area contributed by atoms with E-state index < -0.39 is 17.1 Å². The van der Waals surface area contributed by atoms with Crippen molar-refractivity contribution in [1.29, 1.82) is 0 Å². The van der Waals surface area contributed by atoms with Gasteiger partial charge in [0.25, 0.3) is 11.8 Å². The minimum absolute atomic E-state index is 0.0823. The van der Waals surface area contributed by atoms with Crippen molar-refractivity contribution in [1.82, 2.24) is 5.32 Å². The lowest BCUT2D eigenvalue weighted by Crippen LogP contribution is -2.30. The van der Waals surface area contributed by atoms with Gasteiger partial charge < -0.3 is 25.4 Å². The van der Waals surface area contributed by atoms with E-state index in [1.54, 1.807) is 74.9 Å². The highest BCUT2D eigenvalue weighted by molar-refractivity contribution is 8.00. The van der Waals surface area contributed by atoms with Crippen LogP contribution in [-0.4, -0.2) is 37.2 Å². The van der Waals surface area contributed by atoms with Crippen LogP contribution in [0.2, 0.25) is 0 Å².